The van der Waals surface area contributed by atoms with Gasteiger partial charge in [-0.1, -0.05) is 60.7 Å². The third-order valence-corrected chi connectivity index (χ3v) is 4.70. The quantitative estimate of drug-likeness (QED) is 0.502. The monoisotopic (exact) mass is 312 g/mol. The van der Waals surface area contributed by atoms with Crippen LogP contribution in [0.3, 0.4) is 0 Å². The van der Waals surface area contributed by atoms with Crippen LogP contribution in [0.25, 0.3) is 11.0 Å². The molecule has 0 radical (unpaired) electrons. The summed E-state index contributed by atoms with van der Waals surface area (Å²) in [6, 6.07) is 25.8. The van der Waals surface area contributed by atoms with Crippen LogP contribution in [0.5, 0.6) is 0 Å². The van der Waals surface area contributed by atoms with Gasteiger partial charge in [0.15, 0.2) is 0 Å². The molecule has 0 unspecified atom stereocenters. The Hall–Kier alpha value is -2.87. The van der Waals surface area contributed by atoms with Crippen LogP contribution in [0.2, 0.25) is 0 Å². The Kier molecular flexibility index (Phi) is 3.66. The van der Waals surface area contributed by atoms with Crippen LogP contribution < -0.4 is 0 Å². The molecule has 2 nitrogen and oxygen atoms in total. The van der Waals surface area contributed by atoms with E-state index in [1.807, 2.05) is 6.33 Å². The minimum atomic E-state index is 0.125. The largest absolute Gasteiger partial charge is 0.319 e. The second-order valence-electron chi connectivity index (χ2n) is 6.30. The molecule has 0 spiro atoms. The molecule has 0 saturated heterocycles. The summed E-state index contributed by atoms with van der Waals surface area (Å²) in [6.07, 6.45) is 1.97. The van der Waals surface area contributed by atoms with E-state index in [2.05, 4.69) is 96.2 Å². The molecule has 0 aliphatic rings. The fourth-order valence-electron chi connectivity index (χ4n) is 3.27. The number of aryl methyl sites for hydroxylation is 2. The summed E-state index contributed by atoms with van der Waals surface area (Å²) < 4.78 is 2.28. The summed E-state index contributed by atoms with van der Waals surface area (Å²) in [5.74, 6) is 0. The van der Waals surface area contributed by atoms with Gasteiger partial charge in [-0.25, -0.2) is 4.98 Å². The van der Waals surface area contributed by atoms with Crippen LogP contribution in [-0.2, 0) is 0 Å². The maximum Gasteiger partial charge on any atom is 0.0966 e. The molecule has 0 N–H and O–H groups in total. The number of fused-ring (bicyclic) bond motifs is 1. The molecule has 0 atom stereocenters. The first-order valence-electron chi connectivity index (χ1n) is 8.28. The molecule has 0 aliphatic carbocycles. The number of imidazole rings is 1. The van der Waals surface area contributed by atoms with Gasteiger partial charge in [-0.3, -0.25) is 0 Å². The van der Waals surface area contributed by atoms with Gasteiger partial charge in [-0.2, -0.15) is 0 Å². The standard InChI is InChI=1S/C22H20N2/c1-16-13-20-21(14-17(16)2)24(15-23-20)22(18-9-5-3-6-10-18)19-11-7-4-8-12-19/h3-15,22H,1-2H3. The minimum Gasteiger partial charge on any atom is -0.319 e. The third kappa shape index (κ3) is 2.50. The predicted molar refractivity (Wildman–Crippen MR) is 99.3 cm³/mol. The first-order chi connectivity index (χ1) is 11.7. The van der Waals surface area contributed by atoms with Gasteiger partial charge >= 0.3 is 0 Å². The average Bonchev–Trinajstić information content (AvgIpc) is 3.00. The Morgan fingerprint density at radius 3 is 1.88 bits per heavy atom. The number of nitrogens with zero attached hydrogens (tertiary/aromatic N) is 2. The lowest BCUT2D eigenvalue weighted by Crippen LogP contribution is -2.11. The maximum atomic E-state index is 4.66. The molecule has 24 heavy (non-hydrogen) atoms. The van der Waals surface area contributed by atoms with Gasteiger partial charge < -0.3 is 4.57 Å². The molecule has 0 bridgehead atoms. The minimum absolute atomic E-state index is 0.125. The molecule has 2 heteroatoms. The van der Waals surface area contributed by atoms with Crippen LogP contribution in [0, 0.1) is 13.8 Å². The smallest absolute Gasteiger partial charge is 0.0966 e. The third-order valence-electron chi connectivity index (χ3n) is 4.70. The van der Waals surface area contributed by atoms with Crippen LogP contribution in [0.4, 0.5) is 0 Å². The summed E-state index contributed by atoms with van der Waals surface area (Å²) in [7, 11) is 0. The van der Waals surface area contributed by atoms with Gasteiger partial charge in [0.05, 0.1) is 23.4 Å². The van der Waals surface area contributed by atoms with Crippen molar-refractivity contribution >= 4 is 11.0 Å². The summed E-state index contributed by atoms with van der Waals surface area (Å²) in [5, 5.41) is 0. The lowest BCUT2D eigenvalue weighted by atomic mass is 9.98. The second-order valence-corrected chi connectivity index (χ2v) is 6.30. The van der Waals surface area contributed by atoms with E-state index in [1.165, 1.54) is 27.8 Å². The lowest BCUT2D eigenvalue weighted by molar-refractivity contribution is 0.697. The van der Waals surface area contributed by atoms with Crippen molar-refractivity contribution in [2.75, 3.05) is 0 Å². The van der Waals surface area contributed by atoms with Crippen LogP contribution >= 0.6 is 0 Å². The van der Waals surface area contributed by atoms with Gasteiger partial charge in [0.1, 0.15) is 0 Å². The van der Waals surface area contributed by atoms with E-state index < -0.39 is 0 Å². The Balaban J connectivity index is 1.96. The number of rotatable bonds is 3. The molecule has 118 valence electrons. The van der Waals surface area contributed by atoms with E-state index >= 15 is 0 Å². The first kappa shape index (κ1) is 14.7. The molecule has 3 aromatic carbocycles. The normalized spacial score (nSPS) is 11.3. The fourth-order valence-corrected chi connectivity index (χ4v) is 3.27. The highest BCUT2D eigenvalue weighted by Gasteiger charge is 2.18. The maximum absolute atomic E-state index is 4.66. The highest BCUT2D eigenvalue weighted by atomic mass is 15.1. The van der Waals surface area contributed by atoms with E-state index in [9.17, 15) is 0 Å². The van der Waals surface area contributed by atoms with Crippen molar-refractivity contribution in [3.05, 3.63) is 101 Å². The Morgan fingerprint density at radius 1 is 0.750 bits per heavy atom. The number of aromatic nitrogens is 2. The fraction of sp³-hybridized carbons (Fsp3) is 0.136. The molecule has 0 amide bonds. The highest BCUT2D eigenvalue weighted by molar-refractivity contribution is 5.78. The van der Waals surface area contributed by atoms with Gasteiger partial charge in [0, 0.05) is 0 Å². The Labute approximate surface area is 142 Å². The van der Waals surface area contributed by atoms with Crippen molar-refractivity contribution < 1.29 is 0 Å². The summed E-state index contributed by atoms with van der Waals surface area (Å²) >= 11 is 0. The van der Waals surface area contributed by atoms with Gasteiger partial charge in [-0.05, 0) is 48.2 Å². The summed E-state index contributed by atoms with van der Waals surface area (Å²) in [5.41, 5.74) is 7.33. The zero-order valence-corrected chi connectivity index (χ0v) is 14.0. The van der Waals surface area contributed by atoms with E-state index in [-0.39, 0.29) is 6.04 Å². The van der Waals surface area contributed by atoms with Crippen molar-refractivity contribution in [3.63, 3.8) is 0 Å². The van der Waals surface area contributed by atoms with Crippen molar-refractivity contribution in [2.24, 2.45) is 0 Å². The van der Waals surface area contributed by atoms with Crippen LogP contribution in [0.1, 0.15) is 28.3 Å². The Morgan fingerprint density at radius 2 is 1.29 bits per heavy atom. The van der Waals surface area contributed by atoms with Crippen molar-refractivity contribution in [1.82, 2.24) is 9.55 Å². The average molecular weight is 312 g/mol. The Bertz CT molecular complexity index is 929. The van der Waals surface area contributed by atoms with Gasteiger partial charge in [0.2, 0.25) is 0 Å². The zero-order valence-electron chi connectivity index (χ0n) is 14.0. The van der Waals surface area contributed by atoms with E-state index in [4.69, 9.17) is 0 Å². The predicted octanol–water partition coefficient (Wildman–Crippen LogP) is 5.29. The molecule has 1 aromatic heterocycles. The van der Waals surface area contributed by atoms with Crippen molar-refractivity contribution in [1.29, 1.82) is 0 Å². The van der Waals surface area contributed by atoms with Crippen LogP contribution in [-0.4, -0.2) is 9.55 Å². The molecule has 4 aromatic rings. The molecular formula is C22H20N2. The van der Waals surface area contributed by atoms with E-state index in [0.717, 1.165) is 5.52 Å². The van der Waals surface area contributed by atoms with Gasteiger partial charge in [-0.15, -0.1) is 0 Å². The molecule has 0 saturated carbocycles. The lowest BCUT2D eigenvalue weighted by Gasteiger charge is -2.21. The van der Waals surface area contributed by atoms with Crippen LogP contribution in [0.15, 0.2) is 79.1 Å². The first-order valence-corrected chi connectivity index (χ1v) is 8.28. The molecular weight excluding hydrogens is 292 g/mol. The summed E-state index contributed by atoms with van der Waals surface area (Å²) in [6.45, 7) is 4.30. The molecule has 4 rings (SSSR count). The molecule has 1 heterocycles. The van der Waals surface area contributed by atoms with E-state index in [0.29, 0.717) is 0 Å². The van der Waals surface area contributed by atoms with Crippen molar-refractivity contribution in [3.8, 4) is 0 Å². The number of hydrogen-bond donors (Lipinski definition) is 0. The van der Waals surface area contributed by atoms with Gasteiger partial charge in [0.25, 0.3) is 0 Å². The summed E-state index contributed by atoms with van der Waals surface area (Å²) in [4.78, 5) is 4.66. The second kappa shape index (κ2) is 5.97. The molecule has 0 fully saturated rings. The number of hydrogen-bond acceptors (Lipinski definition) is 1. The molecule has 0 aliphatic heterocycles. The van der Waals surface area contributed by atoms with E-state index in [1.54, 1.807) is 0 Å². The van der Waals surface area contributed by atoms with Crippen molar-refractivity contribution in [2.45, 2.75) is 19.9 Å². The zero-order chi connectivity index (χ0) is 16.5. The SMILES string of the molecule is Cc1cc2ncn(C(c3ccccc3)c3ccccc3)c2cc1C. The number of benzene rings is 3. The topological polar surface area (TPSA) is 17.8 Å². The highest BCUT2D eigenvalue weighted by Crippen LogP contribution is 2.30.